The standard InChI is InChI=1S/C20H20F2N4O4S2/c21-14-2-3-16(15(22)12-14)23-19(27)13-25-7-1-8-26(10-9-25)32(28,29)20-5-4-18(31-20)17-6-11-30-24-17/h2-6,11-12H,1,7-10,13H2,(H,23,27). The SMILES string of the molecule is O=C(CN1CCCN(S(=O)(=O)c2ccc(-c3ccon3)s2)CC1)Nc1ccc(F)cc1F. The van der Waals surface area contributed by atoms with Crippen LogP contribution in [0.3, 0.4) is 0 Å². The van der Waals surface area contributed by atoms with Gasteiger partial charge in [-0.05, 0) is 37.2 Å². The van der Waals surface area contributed by atoms with Crippen molar-refractivity contribution >= 4 is 33.0 Å². The van der Waals surface area contributed by atoms with Crippen LogP contribution in [0.15, 0.2) is 51.4 Å². The van der Waals surface area contributed by atoms with Gasteiger partial charge in [0.05, 0.1) is 17.1 Å². The lowest BCUT2D eigenvalue weighted by Gasteiger charge is -2.21. The minimum absolute atomic E-state index is 0.0278. The van der Waals surface area contributed by atoms with E-state index in [1.807, 2.05) is 4.90 Å². The van der Waals surface area contributed by atoms with Crippen molar-refractivity contribution in [1.82, 2.24) is 14.4 Å². The normalized spacial score (nSPS) is 16.1. The Morgan fingerprint density at radius 2 is 1.97 bits per heavy atom. The molecule has 1 aliphatic heterocycles. The number of amides is 1. The first-order chi connectivity index (χ1) is 15.3. The lowest BCUT2D eigenvalue weighted by molar-refractivity contribution is -0.117. The van der Waals surface area contributed by atoms with Crippen LogP contribution in [0, 0.1) is 11.6 Å². The van der Waals surface area contributed by atoms with Crippen molar-refractivity contribution < 1.29 is 26.5 Å². The molecule has 0 radical (unpaired) electrons. The monoisotopic (exact) mass is 482 g/mol. The Morgan fingerprint density at radius 3 is 2.72 bits per heavy atom. The van der Waals surface area contributed by atoms with E-state index < -0.39 is 27.6 Å². The van der Waals surface area contributed by atoms with E-state index in [2.05, 4.69) is 10.5 Å². The van der Waals surface area contributed by atoms with Gasteiger partial charge >= 0.3 is 0 Å². The Bertz CT molecular complexity index is 1200. The highest BCUT2D eigenvalue weighted by atomic mass is 32.2. The van der Waals surface area contributed by atoms with Crippen molar-refractivity contribution in [2.45, 2.75) is 10.6 Å². The molecule has 3 heterocycles. The number of sulfonamides is 1. The van der Waals surface area contributed by atoms with Crippen molar-refractivity contribution in [3.8, 4) is 10.6 Å². The molecular formula is C20H20F2N4O4S2. The maximum absolute atomic E-state index is 13.7. The third kappa shape index (κ3) is 5.04. The van der Waals surface area contributed by atoms with E-state index in [-0.39, 0.29) is 23.0 Å². The molecule has 0 saturated carbocycles. The molecule has 3 aromatic rings. The van der Waals surface area contributed by atoms with Crippen LogP contribution in [0.1, 0.15) is 6.42 Å². The summed E-state index contributed by atoms with van der Waals surface area (Å²) in [5.41, 5.74) is 0.470. The number of carbonyl (C=O) groups excluding carboxylic acids is 1. The molecular weight excluding hydrogens is 462 g/mol. The van der Waals surface area contributed by atoms with Crippen molar-refractivity contribution in [3.05, 3.63) is 54.3 Å². The Balaban J connectivity index is 1.36. The number of halogens is 2. The quantitative estimate of drug-likeness (QED) is 0.580. The maximum atomic E-state index is 13.7. The van der Waals surface area contributed by atoms with E-state index in [4.69, 9.17) is 4.52 Å². The van der Waals surface area contributed by atoms with Gasteiger partial charge in [0.15, 0.2) is 0 Å². The van der Waals surface area contributed by atoms with E-state index in [0.29, 0.717) is 42.7 Å². The summed E-state index contributed by atoms with van der Waals surface area (Å²) in [6.45, 7) is 1.38. The van der Waals surface area contributed by atoms with Crippen LogP contribution in [0.25, 0.3) is 10.6 Å². The summed E-state index contributed by atoms with van der Waals surface area (Å²) >= 11 is 1.12. The lowest BCUT2D eigenvalue weighted by Crippen LogP contribution is -2.37. The highest BCUT2D eigenvalue weighted by molar-refractivity contribution is 7.91. The summed E-state index contributed by atoms with van der Waals surface area (Å²) in [5.74, 6) is -2.04. The highest BCUT2D eigenvalue weighted by Crippen LogP contribution is 2.31. The molecule has 32 heavy (non-hydrogen) atoms. The van der Waals surface area contributed by atoms with Gasteiger partial charge in [-0.15, -0.1) is 11.3 Å². The van der Waals surface area contributed by atoms with E-state index in [0.717, 1.165) is 23.5 Å². The van der Waals surface area contributed by atoms with E-state index in [1.54, 1.807) is 18.2 Å². The number of hydrogen-bond donors (Lipinski definition) is 1. The van der Waals surface area contributed by atoms with Gasteiger partial charge in [0.25, 0.3) is 10.0 Å². The molecule has 0 aliphatic carbocycles. The van der Waals surface area contributed by atoms with Crippen molar-refractivity contribution in [1.29, 1.82) is 0 Å². The summed E-state index contributed by atoms with van der Waals surface area (Å²) in [5, 5.41) is 6.25. The van der Waals surface area contributed by atoms with Crippen LogP contribution in [-0.4, -0.2) is 61.4 Å². The molecule has 8 nitrogen and oxygen atoms in total. The number of thiophene rings is 1. The van der Waals surface area contributed by atoms with Crippen LogP contribution >= 0.6 is 11.3 Å². The molecule has 12 heteroatoms. The Labute approximate surface area is 187 Å². The fraction of sp³-hybridized carbons (Fsp3) is 0.300. The zero-order chi connectivity index (χ0) is 22.7. The smallest absolute Gasteiger partial charge is 0.252 e. The molecule has 1 N–H and O–H groups in total. The van der Waals surface area contributed by atoms with E-state index in [1.165, 1.54) is 10.6 Å². The van der Waals surface area contributed by atoms with E-state index >= 15 is 0 Å². The number of carbonyl (C=O) groups is 1. The van der Waals surface area contributed by atoms with Gasteiger partial charge in [-0.2, -0.15) is 4.31 Å². The summed E-state index contributed by atoms with van der Waals surface area (Å²) < 4.78 is 59.3. The number of anilines is 1. The molecule has 1 fully saturated rings. The molecule has 1 amide bonds. The lowest BCUT2D eigenvalue weighted by atomic mass is 10.3. The first-order valence-corrected chi connectivity index (χ1v) is 12.1. The first kappa shape index (κ1) is 22.5. The zero-order valence-corrected chi connectivity index (χ0v) is 18.5. The van der Waals surface area contributed by atoms with Gasteiger partial charge in [-0.25, -0.2) is 17.2 Å². The van der Waals surface area contributed by atoms with Gasteiger partial charge < -0.3 is 9.84 Å². The highest BCUT2D eigenvalue weighted by Gasteiger charge is 2.29. The molecule has 170 valence electrons. The number of rotatable bonds is 6. The zero-order valence-electron chi connectivity index (χ0n) is 16.8. The predicted molar refractivity (Wildman–Crippen MR) is 115 cm³/mol. The Morgan fingerprint density at radius 1 is 1.12 bits per heavy atom. The molecule has 1 aromatic carbocycles. The van der Waals surface area contributed by atoms with Crippen LogP contribution in [0.5, 0.6) is 0 Å². The van der Waals surface area contributed by atoms with Crippen molar-refractivity contribution in [2.24, 2.45) is 0 Å². The summed E-state index contributed by atoms with van der Waals surface area (Å²) in [6, 6.07) is 7.83. The molecule has 0 atom stereocenters. The topological polar surface area (TPSA) is 95.8 Å². The maximum Gasteiger partial charge on any atom is 0.252 e. The second-order valence-corrected chi connectivity index (χ2v) is 10.5. The number of aromatic nitrogens is 1. The molecule has 4 rings (SSSR count). The number of hydrogen-bond acceptors (Lipinski definition) is 7. The van der Waals surface area contributed by atoms with Gasteiger partial charge in [-0.3, -0.25) is 9.69 Å². The van der Waals surface area contributed by atoms with Gasteiger partial charge in [0, 0.05) is 31.8 Å². The summed E-state index contributed by atoms with van der Waals surface area (Å²) in [6.07, 6.45) is 1.96. The number of benzene rings is 1. The van der Waals surface area contributed by atoms with Gasteiger partial charge in [0.1, 0.15) is 27.8 Å². The average Bonchev–Trinajstić information content (AvgIpc) is 3.39. The molecule has 2 aromatic heterocycles. The summed E-state index contributed by atoms with van der Waals surface area (Å²) in [7, 11) is -3.68. The molecule has 1 saturated heterocycles. The Hall–Kier alpha value is -2.67. The minimum atomic E-state index is -3.68. The fourth-order valence-electron chi connectivity index (χ4n) is 3.39. The molecule has 0 bridgehead atoms. The third-order valence-corrected chi connectivity index (χ3v) is 8.46. The van der Waals surface area contributed by atoms with Crippen LogP contribution in [0.2, 0.25) is 0 Å². The minimum Gasteiger partial charge on any atom is -0.364 e. The number of nitrogens with zero attached hydrogens (tertiary/aromatic N) is 3. The molecule has 1 aliphatic rings. The second kappa shape index (κ2) is 9.45. The molecule has 0 spiro atoms. The average molecular weight is 483 g/mol. The first-order valence-electron chi connectivity index (χ1n) is 9.81. The van der Waals surface area contributed by atoms with Gasteiger partial charge in [-0.1, -0.05) is 5.16 Å². The van der Waals surface area contributed by atoms with Crippen LogP contribution in [-0.2, 0) is 14.8 Å². The summed E-state index contributed by atoms with van der Waals surface area (Å²) in [4.78, 5) is 14.8. The largest absolute Gasteiger partial charge is 0.364 e. The van der Waals surface area contributed by atoms with Crippen molar-refractivity contribution in [2.75, 3.05) is 38.0 Å². The van der Waals surface area contributed by atoms with E-state index in [9.17, 15) is 22.0 Å². The van der Waals surface area contributed by atoms with Crippen LogP contribution < -0.4 is 5.32 Å². The predicted octanol–water partition coefficient (Wildman–Crippen LogP) is 3.02. The van der Waals surface area contributed by atoms with Crippen molar-refractivity contribution in [3.63, 3.8) is 0 Å². The Kier molecular flexibility index (Phi) is 6.65. The fourth-order valence-corrected chi connectivity index (χ4v) is 6.28. The molecule has 0 unspecified atom stereocenters. The second-order valence-electron chi connectivity index (χ2n) is 7.21. The van der Waals surface area contributed by atoms with Gasteiger partial charge in [0.2, 0.25) is 5.91 Å². The third-order valence-electron chi connectivity index (χ3n) is 4.99. The van der Waals surface area contributed by atoms with Crippen LogP contribution in [0.4, 0.5) is 14.5 Å². The number of nitrogens with one attached hydrogen (secondary N) is 1.